The third-order valence-electron chi connectivity index (χ3n) is 6.57. The van der Waals surface area contributed by atoms with Crippen LogP contribution in [0.2, 0.25) is 0 Å². The van der Waals surface area contributed by atoms with Crippen molar-refractivity contribution in [2.45, 2.75) is 52.2 Å². The molecule has 0 saturated carbocycles. The fraction of sp³-hybridized carbons (Fsp3) is 0.417. The molecule has 1 saturated heterocycles. The Morgan fingerprint density at radius 3 is 2.94 bits per heavy atom. The molecule has 0 bridgehead atoms. The minimum Gasteiger partial charge on any atom is -0.328 e. The zero-order valence-electron chi connectivity index (χ0n) is 18.4. The molecular weight excluding hydrogens is 422 g/mol. The Hall–Kier alpha value is -2.84. The van der Waals surface area contributed by atoms with Crippen molar-refractivity contribution >= 4 is 17.2 Å². The Bertz CT molecular complexity index is 1220. The van der Waals surface area contributed by atoms with E-state index in [4.69, 9.17) is 4.98 Å². The molecule has 0 aromatic carbocycles. The average molecular weight is 450 g/mol. The van der Waals surface area contributed by atoms with Gasteiger partial charge >= 0.3 is 0 Å². The number of hydrogen-bond acceptors (Lipinski definition) is 6. The van der Waals surface area contributed by atoms with Gasteiger partial charge in [-0.05, 0) is 55.8 Å². The van der Waals surface area contributed by atoms with Crippen LogP contribution in [-0.2, 0) is 19.5 Å². The highest BCUT2D eigenvalue weighted by Gasteiger charge is 2.34. The third-order valence-corrected chi connectivity index (χ3v) is 7.58. The van der Waals surface area contributed by atoms with Crippen LogP contribution < -0.4 is 5.56 Å². The van der Waals surface area contributed by atoms with E-state index in [1.165, 1.54) is 10.4 Å². The van der Waals surface area contributed by atoms with Crippen LogP contribution in [0.5, 0.6) is 0 Å². The molecule has 1 amide bonds. The Kier molecular flexibility index (Phi) is 5.65. The minimum atomic E-state index is -0.202. The van der Waals surface area contributed by atoms with Gasteiger partial charge in [-0.3, -0.25) is 19.5 Å². The second-order valence-electron chi connectivity index (χ2n) is 8.66. The number of aryl methyl sites for hydroxylation is 2. The van der Waals surface area contributed by atoms with Gasteiger partial charge in [0.2, 0.25) is 0 Å². The van der Waals surface area contributed by atoms with Crippen LogP contribution in [0.25, 0.3) is 0 Å². The molecule has 0 spiro atoms. The largest absolute Gasteiger partial charge is 0.328 e. The first-order chi connectivity index (χ1) is 15.5. The standard InChI is InChI=1S/C24H27N5O2S/c1-15-8-12-32-21(15)14-28-11-7-19-18(13-28)23(30)27-22(26-19)20-6-4-10-29(20)24(31)17-5-3-9-25-16(17)2/h3,5,8-9,12,20H,4,6-7,10-11,13-14H2,1-2H3,(H,26,27,30)/t20-/m1/s1. The number of carbonyl (C=O) groups is 1. The topological polar surface area (TPSA) is 82.2 Å². The second-order valence-corrected chi connectivity index (χ2v) is 9.66. The summed E-state index contributed by atoms with van der Waals surface area (Å²) in [6, 6.07) is 5.54. The summed E-state index contributed by atoms with van der Waals surface area (Å²) in [4.78, 5) is 43.9. The number of thiophene rings is 1. The van der Waals surface area contributed by atoms with Crippen LogP contribution in [0.1, 0.15) is 62.5 Å². The van der Waals surface area contributed by atoms with E-state index in [1.807, 2.05) is 17.9 Å². The van der Waals surface area contributed by atoms with E-state index >= 15 is 0 Å². The van der Waals surface area contributed by atoms with Crippen molar-refractivity contribution in [3.63, 3.8) is 0 Å². The normalized spacial score (nSPS) is 18.7. The molecule has 2 aliphatic heterocycles. The average Bonchev–Trinajstić information content (AvgIpc) is 3.43. The van der Waals surface area contributed by atoms with E-state index < -0.39 is 0 Å². The summed E-state index contributed by atoms with van der Waals surface area (Å²) >= 11 is 1.76. The second kappa shape index (κ2) is 8.60. The number of nitrogens with one attached hydrogen (secondary N) is 1. The van der Waals surface area contributed by atoms with Gasteiger partial charge in [0.15, 0.2) is 0 Å². The predicted octanol–water partition coefficient (Wildman–Crippen LogP) is 3.38. The van der Waals surface area contributed by atoms with Crippen LogP contribution in [0.3, 0.4) is 0 Å². The van der Waals surface area contributed by atoms with Gasteiger partial charge in [0.05, 0.1) is 22.9 Å². The summed E-state index contributed by atoms with van der Waals surface area (Å²) < 4.78 is 0. The molecule has 7 nitrogen and oxygen atoms in total. The summed E-state index contributed by atoms with van der Waals surface area (Å²) in [7, 11) is 0. The number of aromatic nitrogens is 3. The van der Waals surface area contributed by atoms with E-state index in [0.29, 0.717) is 24.5 Å². The first-order valence-electron chi connectivity index (χ1n) is 11.1. The molecule has 1 atom stereocenters. The van der Waals surface area contributed by atoms with Gasteiger partial charge in [-0.2, -0.15) is 0 Å². The van der Waals surface area contributed by atoms with Crippen LogP contribution >= 0.6 is 11.3 Å². The minimum absolute atomic E-state index is 0.0454. The van der Waals surface area contributed by atoms with Gasteiger partial charge in [0.25, 0.3) is 11.5 Å². The lowest BCUT2D eigenvalue weighted by Crippen LogP contribution is -2.37. The molecule has 5 heterocycles. The molecule has 1 fully saturated rings. The van der Waals surface area contributed by atoms with Crippen molar-refractivity contribution in [3.05, 3.63) is 78.9 Å². The number of hydrogen-bond donors (Lipinski definition) is 1. The smallest absolute Gasteiger partial charge is 0.256 e. The highest BCUT2D eigenvalue weighted by Crippen LogP contribution is 2.32. The zero-order valence-corrected chi connectivity index (χ0v) is 19.2. The predicted molar refractivity (Wildman–Crippen MR) is 124 cm³/mol. The van der Waals surface area contributed by atoms with E-state index in [9.17, 15) is 9.59 Å². The van der Waals surface area contributed by atoms with Gasteiger partial charge in [-0.25, -0.2) is 4.98 Å². The maximum absolute atomic E-state index is 13.2. The fourth-order valence-electron chi connectivity index (χ4n) is 4.72. The maximum Gasteiger partial charge on any atom is 0.256 e. The maximum atomic E-state index is 13.2. The summed E-state index contributed by atoms with van der Waals surface area (Å²) in [6.07, 6.45) is 4.14. The Morgan fingerprint density at radius 2 is 2.16 bits per heavy atom. The van der Waals surface area contributed by atoms with Crippen LogP contribution in [0.15, 0.2) is 34.6 Å². The molecular formula is C24H27N5O2S. The molecule has 3 aromatic rings. The molecule has 32 heavy (non-hydrogen) atoms. The molecule has 0 radical (unpaired) electrons. The van der Waals surface area contributed by atoms with Crippen LogP contribution in [0, 0.1) is 13.8 Å². The van der Waals surface area contributed by atoms with E-state index in [0.717, 1.165) is 49.3 Å². The fourth-order valence-corrected chi connectivity index (χ4v) is 5.67. The number of aromatic amines is 1. The van der Waals surface area contributed by atoms with Gasteiger partial charge in [-0.1, -0.05) is 0 Å². The summed E-state index contributed by atoms with van der Waals surface area (Å²) in [5.74, 6) is 0.569. The SMILES string of the molecule is Cc1ccsc1CN1CCc2nc([C@H]3CCCN3C(=O)c3cccnc3C)[nH]c(=O)c2C1. The van der Waals surface area contributed by atoms with Crippen molar-refractivity contribution in [1.29, 1.82) is 0 Å². The summed E-state index contributed by atoms with van der Waals surface area (Å²) in [5, 5.41) is 2.12. The van der Waals surface area contributed by atoms with Gasteiger partial charge in [0.1, 0.15) is 5.82 Å². The third kappa shape index (κ3) is 3.89. The van der Waals surface area contributed by atoms with Crippen LogP contribution in [-0.4, -0.2) is 43.7 Å². The summed E-state index contributed by atoms with van der Waals surface area (Å²) in [6.45, 7) is 6.98. The van der Waals surface area contributed by atoms with Crippen molar-refractivity contribution in [2.75, 3.05) is 13.1 Å². The van der Waals surface area contributed by atoms with Gasteiger partial charge in [0, 0.05) is 49.4 Å². The molecule has 0 aliphatic carbocycles. The lowest BCUT2D eigenvalue weighted by molar-refractivity contribution is 0.0728. The number of H-pyrrole nitrogens is 1. The van der Waals surface area contributed by atoms with Crippen molar-refractivity contribution in [3.8, 4) is 0 Å². The number of carbonyl (C=O) groups excluding carboxylic acids is 1. The van der Waals surface area contributed by atoms with Gasteiger partial charge in [-0.15, -0.1) is 11.3 Å². The van der Waals surface area contributed by atoms with Crippen molar-refractivity contribution < 1.29 is 4.79 Å². The first-order valence-corrected chi connectivity index (χ1v) is 12.0. The number of pyridine rings is 1. The number of nitrogens with zero attached hydrogens (tertiary/aromatic N) is 4. The monoisotopic (exact) mass is 449 g/mol. The van der Waals surface area contributed by atoms with E-state index in [1.54, 1.807) is 23.6 Å². The molecule has 166 valence electrons. The highest BCUT2D eigenvalue weighted by molar-refractivity contribution is 7.10. The summed E-state index contributed by atoms with van der Waals surface area (Å²) in [5.41, 5.74) is 4.19. The number of likely N-dealkylation sites (tertiary alicyclic amines) is 1. The van der Waals surface area contributed by atoms with Crippen molar-refractivity contribution in [1.82, 2.24) is 24.8 Å². The zero-order chi connectivity index (χ0) is 22.2. The molecule has 3 aromatic heterocycles. The molecule has 0 unspecified atom stereocenters. The number of fused-ring (bicyclic) bond motifs is 1. The Labute approximate surface area is 191 Å². The lowest BCUT2D eigenvalue weighted by atomic mass is 10.1. The Morgan fingerprint density at radius 1 is 1.28 bits per heavy atom. The highest BCUT2D eigenvalue weighted by atomic mass is 32.1. The molecule has 2 aliphatic rings. The van der Waals surface area contributed by atoms with E-state index in [2.05, 4.69) is 33.2 Å². The lowest BCUT2D eigenvalue weighted by Gasteiger charge is -2.29. The number of rotatable bonds is 4. The molecule has 8 heteroatoms. The van der Waals surface area contributed by atoms with E-state index in [-0.39, 0.29) is 17.5 Å². The van der Waals surface area contributed by atoms with Crippen molar-refractivity contribution in [2.24, 2.45) is 0 Å². The molecule has 1 N–H and O–H groups in total. The Balaban J connectivity index is 1.38. The van der Waals surface area contributed by atoms with Gasteiger partial charge < -0.3 is 9.88 Å². The quantitative estimate of drug-likeness (QED) is 0.660. The first kappa shape index (κ1) is 21.0. The van der Waals surface area contributed by atoms with Crippen LogP contribution in [0.4, 0.5) is 0 Å². The molecule has 5 rings (SSSR count). The number of amides is 1.